The number of hydrogen-bond acceptors (Lipinski definition) is 4. The second-order valence-electron chi connectivity index (χ2n) is 7.55. The highest BCUT2D eigenvalue weighted by molar-refractivity contribution is 5.86. The lowest BCUT2D eigenvalue weighted by Gasteiger charge is -2.35. The smallest absolute Gasteiger partial charge is 0.411 e. The van der Waals surface area contributed by atoms with Crippen LogP contribution in [0.2, 0.25) is 0 Å². The van der Waals surface area contributed by atoms with E-state index in [1.165, 1.54) is 0 Å². The number of likely N-dealkylation sites (tertiary alicyclic amines) is 1. The van der Waals surface area contributed by atoms with Gasteiger partial charge < -0.3 is 14.9 Å². The normalized spacial score (nSPS) is 26.5. The Bertz CT molecular complexity index is 645. The van der Waals surface area contributed by atoms with E-state index in [1.807, 2.05) is 0 Å². The zero-order valence-corrected chi connectivity index (χ0v) is 14.7. The Morgan fingerprint density at radius 1 is 1.28 bits per heavy atom. The first-order valence-corrected chi connectivity index (χ1v) is 8.09. The minimum atomic E-state index is -2.19. The molecule has 0 aliphatic carbocycles. The number of aliphatic carboxylic acids is 1. The van der Waals surface area contributed by atoms with Gasteiger partial charge in [-0.2, -0.15) is 0 Å². The summed E-state index contributed by atoms with van der Waals surface area (Å²) < 4.78 is 20.2. The molecule has 0 unspecified atom stereocenters. The quantitative estimate of drug-likeness (QED) is 0.868. The van der Waals surface area contributed by atoms with Gasteiger partial charge in [-0.05, 0) is 26.3 Å². The zero-order chi connectivity index (χ0) is 18.9. The number of aliphatic hydroxyl groups excluding tert-OH is 1. The first-order valence-electron chi connectivity index (χ1n) is 8.09. The van der Waals surface area contributed by atoms with Crippen molar-refractivity contribution >= 4 is 12.1 Å². The Kier molecular flexibility index (Phi) is 5.09. The van der Waals surface area contributed by atoms with Crippen LogP contribution in [0.25, 0.3) is 0 Å². The van der Waals surface area contributed by atoms with Crippen LogP contribution in [0.3, 0.4) is 0 Å². The molecule has 1 fully saturated rings. The number of hydrogen-bond donors (Lipinski definition) is 2. The van der Waals surface area contributed by atoms with E-state index in [1.54, 1.807) is 51.1 Å². The number of aliphatic hydroxyl groups is 1. The third-order valence-electron chi connectivity index (χ3n) is 4.20. The van der Waals surface area contributed by atoms with Gasteiger partial charge in [-0.25, -0.2) is 14.0 Å². The van der Waals surface area contributed by atoms with E-state index >= 15 is 0 Å². The lowest BCUT2D eigenvalue weighted by molar-refractivity contribution is -0.149. The molecule has 2 N–H and O–H groups in total. The van der Waals surface area contributed by atoms with Crippen LogP contribution in [0.1, 0.15) is 32.8 Å². The first kappa shape index (κ1) is 19.2. The Morgan fingerprint density at radius 2 is 1.88 bits per heavy atom. The molecule has 138 valence electrons. The van der Waals surface area contributed by atoms with E-state index in [0.29, 0.717) is 5.56 Å². The molecule has 6 nitrogen and oxygen atoms in total. The molecular weight excluding hydrogens is 329 g/mol. The maximum absolute atomic E-state index is 14.9. The van der Waals surface area contributed by atoms with Crippen LogP contribution in [0, 0.1) is 0 Å². The van der Waals surface area contributed by atoms with E-state index in [9.17, 15) is 24.2 Å². The average Bonchev–Trinajstić information content (AvgIpc) is 2.82. The van der Waals surface area contributed by atoms with Crippen LogP contribution in [0.4, 0.5) is 9.18 Å². The van der Waals surface area contributed by atoms with Crippen LogP contribution >= 0.6 is 0 Å². The third-order valence-corrected chi connectivity index (χ3v) is 4.20. The van der Waals surface area contributed by atoms with Crippen molar-refractivity contribution in [3.63, 3.8) is 0 Å². The van der Waals surface area contributed by atoms with Crippen molar-refractivity contribution in [2.75, 3.05) is 13.2 Å². The van der Waals surface area contributed by atoms with Crippen molar-refractivity contribution in [2.45, 2.75) is 50.4 Å². The van der Waals surface area contributed by atoms with Crippen LogP contribution < -0.4 is 0 Å². The molecule has 1 amide bonds. The average molecular weight is 353 g/mol. The van der Waals surface area contributed by atoms with Crippen LogP contribution in [-0.4, -0.2) is 57.1 Å². The molecule has 0 radical (unpaired) electrons. The SMILES string of the molecule is CC(C)(C)OC(=O)N1C[C@@](F)(CO)C[C@@]1(Cc1ccccc1)C(=O)O. The summed E-state index contributed by atoms with van der Waals surface area (Å²) in [5.74, 6) is -1.32. The summed E-state index contributed by atoms with van der Waals surface area (Å²) in [7, 11) is 0. The molecule has 2 rings (SSSR count). The summed E-state index contributed by atoms with van der Waals surface area (Å²) in [6.07, 6.45) is -1.48. The molecule has 1 aliphatic heterocycles. The summed E-state index contributed by atoms with van der Waals surface area (Å²) in [4.78, 5) is 25.6. The van der Waals surface area contributed by atoms with Crippen LogP contribution in [0.5, 0.6) is 0 Å². The van der Waals surface area contributed by atoms with Gasteiger partial charge in [0.05, 0.1) is 13.2 Å². The number of rotatable bonds is 4. The molecular formula is C18H24FNO5. The lowest BCUT2D eigenvalue weighted by atomic mass is 9.85. The number of nitrogens with zero attached hydrogens (tertiary/aromatic N) is 1. The predicted octanol–water partition coefficient (Wildman–Crippen LogP) is 2.39. The highest BCUT2D eigenvalue weighted by Crippen LogP contribution is 2.41. The summed E-state index contributed by atoms with van der Waals surface area (Å²) in [5, 5.41) is 19.3. The molecule has 1 saturated heterocycles. The second kappa shape index (κ2) is 6.63. The molecule has 0 spiro atoms. The Hall–Kier alpha value is -2.15. The molecule has 1 heterocycles. The predicted molar refractivity (Wildman–Crippen MR) is 89.0 cm³/mol. The fourth-order valence-electron chi connectivity index (χ4n) is 3.13. The molecule has 1 aliphatic rings. The van der Waals surface area contributed by atoms with Gasteiger partial charge in [-0.1, -0.05) is 30.3 Å². The van der Waals surface area contributed by atoms with Crippen molar-refractivity contribution in [1.29, 1.82) is 0 Å². The first-order chi connectivity index (χ1) is 11.5. The number of benzene rings is 1. The summed E-state index contributed by atoms with van der Waals surface area (Å²) in [6, 6.07) is 8.70. The number of carbonyl (C=O) groups excluding carboxylic acids is 1. The van der Waals surface area contributed by atoms with Crippen molar-refractivity contribution in [1.82, 2.24) is 4.90 Å². The topological polar surface area (TPSA) is 87.1 Å². The summed E-state index contributed by atoms with van der Waals surface area (Å²) in [5.41, 5.74) is -4.21. The van der Waals surface area contributed by atoms with E-state index in [0.717, 1.165) is 4.90 Å². The molecule has 25 heavy (non-hydrogen) atoms. The molecule has 0 bridgehead atoms. The van der Waals surface area contributed by atoms with Gasteiger partial charge in [0.2, 0.25) is 0 Å². The zero-order valence-electron chi connectivity index (χ0n) is 14.7. The highest BCUT2D eigenvalue weighted by atomic mass is 19.1. The van der Waals surface area contributed by atoms with Crippen molar-refractivity contribution < 1.29 is 28.9 Å². The molecule has 7 heteroatoms. The second-order valence-corrected chi connectivity index (χ2v) is 7.55. The monoisotopic (exact) mass is 353 g/mol. The molecule has 1 aromatic rings. The molecule has 0 saturated carbocycles. The van der Waals surface area contributed by atoms with Gasteiger partial charge in [-0.3, -0.25) is 4.90 Å². The van der Waals surface area contributed by atoms with Crippen molar-refractivity contribution in [3.05, 3.63) is 35.9 Å². The Labute approximate surface area is 146 Å². The number of carbonyl (C=O) groups is 2. The summed E-state index contributed by atoms with van der Waals surface area (Å²) >= 11 is 0. The van der Waals surface area contributed by atoms with Gasteiger partial charge in [0.15, 0.2) is 11.2 Å². The fraction of sp³-hybridized carbons (Fsp3) is 0.556. The molecule has 2 atom stereocenters. The fourth-order valence-corrected chi connectivity index (χ4v) is 3.13. The minimum Gasteiger partial charge on any atom is -0.479 e. The van der Waals surface area contributed by atoms with Gasteiger partial charge >= 0.3 is 12.1 Å². The third kappa shape index (κ3) is 4.10. The highest BCUT2D eigenvalue weighted by Gasteiger charge is 2.61. The molecule has 0 aromatic heterocycles. The van der Waals surface area contributed by atoms with Gasteiger partial charge in [0, 0.05) is 12.8 Å². The van der Waals surface area contributed by atoms with Crippen molar-refractivity contribution in [3.8, 4) is 0 Å². The largest absolute Gasteiger partial charge is 0.479 e. The number of alkyl halides is 1. The number of carboxylic acid groups (broad SMARTS) is 1. The van der Waals surface area contributed by atoms with Gasteiger partial charge in [-0.15, -0.1) is 0 Å². The van der Waals surface area contributed by atoms with Crippen LogP contribution in [0.15, 0.2) is 30.3 Å². The van der Waals surface area contributed by atoms with Gasteiger partial charge in [0.25, 0.3) is 0 Å². The molecule has 1 aromatic carbocycles. The Morgan fingerprint density at radius 3 is 2.36 bits per heavy atom. The van der Waals surface area contributed by atoms with E-state index in [4.69, 9.17) is 4.74 Å². The number of halogens is 1. The van der Waals surface area contributed by atoms with Crippen LogP contribution in [-0.2, 0) is 16.0 Å². The van der Waals surface area contributed by atoms with Gasteiger partial charge in [0.1, 0.15) is 5.60 Å². The maximum atomic E-state index is 14.9. The van der Waals surface area contributed by atoms with Crippen molar-refractivity contribution in [2.24, 2.45) is 0 Å². The number of ether oxygens (including phenoxy) is 1. The maximum Gasteiger partial charge on any atom is 0.411 e. The minimum absolute atomic E-state index is 0.0753. The van der Waals surface area contributed by atoms with E-state index in [-0.39, 0.29) is 6.42 Å². The number of carboxylic acids is 1. The van der Waals surface area contributed by atoms with E-state index < -0.39 is 48.4 Å². The standard InChI is InChI=1S/C18H24FNO5/c1-16(2,3)25-15(24)20-11-17(19,12-21)10-18(20,14(22)23)9-13-7-5-4-6-8-13/h4-8,21H,9-12H2,1-3H3,(H,22,23)/t17-,18+/m1/s1. The Balaban J connectivity index is 2.44. The lowest BCUT2D eigenvalue weighted by Crippen LogP contribution is -2.55. The number of amides is 1. The summed E-state index contributed by atoms with van der Waals surface area (Å²) in [6.45, 7) is 3.55. The van der Waals surface area contributed by atoms with E-state index in [2.05, 4.69) is 0 Å².